The number of hydrogen-bond donors (Lipinski definition) is 0. The molecule has 0 N–H and O–H groups in total. The molecule has 2 heterocycles. The summed E-state index contributed by atoms with van der Waals surface area (Å²) in [6, 6.07) is 1.80. The van der Waals surface area contributed by atoms with Gasteiger partial charge in [0.15, 0.2) is 0 Å². The largest absolute Gasteiger partial charge is 0.335 e. The lowest BCUT2D eigenvalue weighted by Crippen LogP contribution is -2.05. The van der Waals surface area contributed by atoms with Crippen molar-refractivity contribution in [2.24, 2.45) is 0 Å². The predicted molar refractivity (Wildman–Crippen MR) is 67.1 cm³/mol. The highest BCUT2D eigenvalue weighted by atomic mass is 35.5. The molecule has 0 radical (unpaired) electrons. The van der Waals surface area contributed by atoms with E-state index in [4.69, 9.17) is 11.6 Å². The van der Waals surface area contributed by atoms with Crippen molar-refractivity contribution in [2.45, 2.75) is 33.2 Å². The summed E-state index contributed by atoms with van der Waals surface area (Å²) in [5.41, 5.74) is 0.919. The van der Waals surface area contributed by atoms with Gasteiger partial charge in [0.1, 0.15) is 16.8 Å². The molecule has 2 rings (SSSR count). The van der Waals surface area contributed by atoms with E-state index in [1.165, 1.54) is 0 Å². The summed E-state index contributed by atoms with van der Waals surface area (Å²) in [6.07, 6.45) is 5.26. The molecule has 0 aliphatic heterocycles. The van der Waals surface area contributed by atoms with Crippen LogP contribution in [0.5, 0.6) is 0 Å². The van der Waals surface area contributed by atoms with Crippen LogP contribution < -0.4 is 0 Å². The smallest absolute Gasteiger partial charge is 0.133 e. The van der Waals surface area contributed by atoms with Crippen LogP contribution in [0.15, 0.2) is 18.5 Å². The Morgan fingerprint density at radius 2 is 2.12 bits per heavy atom. The van der Waals surface area contributed by atoms with Gasteiger partial charge in [-0.1, -0.05) is 18.5 Å². The van der Waals surface area contributed by atoms with Gasteiger partial charge in [-0.15, -0.1) is 0 Å². The van der Waals surface area contributed by atoms with E-state index in [-0.39, 0.29) is 0 Å². The standard InChI is InChI=1S/C12H15ClN4/c1-3-11-15-9(7-10(13)16-11)8-12-14-5-6-17(12)4-2/h5-7H,3-4,8H2,1-2H3. The van der Waals surface area contributed by atoms with Crippen LogP contribution in [0, 0.1) is 0 Å². The SMILES string of the molecule is CCc1nc(Cl)cc(Cc2nccn2CC)n1. The van der Waals surface area contributed by atoms with Gasteiger partial charge in [-0.05, 0) is 13.0 Å². The van der Waals surface area contributed by atoms with E-state index >= 15 is 0 Å². The number of imidazole rings is 1. The van der Waals surface area contributed by atoms with Crippen molar-refractivity contribution in [3.05, 3.63) is 41.0 Å². The number of rotatable bonds is 4. The number of hydrogen-bond acceptors (Lipinski definition) is 3. The van der Waals surface area contributed by atoms with Gasteiger partial charge in [0, 0.05) is 31.8 Å². The van der Waals surface area contributed by atoms with Crippen LogP contribution in [0.1, 0.15) is 31.2 Å². The van der Waals surface area contributed by atoms with Crippen molar-refractivity contribution < 1.29 is 0 Å². The molecular formula is C12H15ClN4. The molecule has 2 aromatic heterocycles. The van der Waals surface area contributed by atoms with Gasteiger partial charge in [0.2, 0.25) is 0 Å². The molecule has 4 nitrogen and oxygen atoms in total. The van der Waals surface area contributed by atoms with Gasteiger partial charge >= 0.3 is 0 Å². The van der Waals surface area contributed by atoms with Crippen molar-refractivity contribution in [3.63, 3.8) is 0 Å². The first-order valence-electron chi connectivity index (χ1n) is 5.75. The zero-order chi connectivity index (χ0) is 12.3. The molecule has 0 fully saturated rings. The number of halogens is 1. The van der Waals surface area contributed by atoms with Crippen molar-refractivity contribution in [1.82, 2.24) is 19.5 Å². The van der Waals surface area contributed by atoms with Crippen LogP contribution in [0.25, 0.3) is 0 Å². The molecular weight excluding hydrogens is 236 g/mol. The second kappa shape index (κ2) is 5.27. The van der Waals surface area contributed by atoms with E-state index in [1.807, 2.05) is 19.3 Å². The van der Waals surface area contributed by atoms with E-state index < -0.39 is 0 Å². The molecule has 0 bridgehead atoms. The first-order valence-corrected chi connectivity index (χ1v) is 6.13. The van der Waals surface area contributed by atoms with E-state index in [9.17, 15) is 0 Å². The van der Waals surface area contributed by atoms with E-state index in [0.29, 0.717) is 11.6 Å². The Kier molecular flexibility index (Phi) is 3.74. The van der Waals surface area contributed by atoms with E-state index in [1.54, 1.807) is 6.07 Å². The molecule has 0 atom stereocenters. The van der Waals surface area contributed by atoms with Crippen LogP contribution in [0.2, 0.25) is 5.15 Å². The van der Waals surface area contributed by atoms with Crippen molar-refractivity contribution in [2.75, 3.05) is 0 Å². The minimum Gasteiger partial charge on any atom is -0.335 e. The first-order chi connectivity index (χ1) is 8.22. The average Bonchev–Trinajstić information content (AvgIpc) is 2.75. The second-order valence-electron chi connectivity index (χ2n) is 3.76. The van der Waals surface area contributed by atoms with Gasteiger partial charge < -0.3 is 4.57 Å². The third-order valence-electron chi connectivity index (χ3n) is 2.59. The van der Waals surface area contributed by atoms with Crippen molar-refractivity contribution in [3.8, 4) is 0 Å². The number of aryl methyl sites for hydroxylation is 2. The fraction of sp³-hybridized carbons (Fsp3) is 0.417. The van der Waals surface area contributed by atoms with E-state index in [2.05, 4.69) is 26.4 Å². The van der Waals surface area contributed by atoms with Crippen LogP contribution >= 0.6 is 11.6 Å². The van der Waals surface area contributed by atoms with Crippen LogP contribution in [0.3, 0.4) is 0 Å². The maximum Gasteiger partial charge on any atom is 0.133 e. The van der Waals surface area contributed by atoms with Crippen LogP contribution in [-0.2, 0) is 19.4 Å². The minimum atomic E-state index is 0.501. The first kappa shape index (κ1) is 12.0. The molecule has 0 saturated carbocycles. The molecule has 0 aliphatic carbocycles. The Bertz CT molecular complexity index is 507. The fourth-order valence-corrected chi connectivity index (χ4v) is 1.95. The highest BCUT2D eigenvalue weighted by molar-refractivity contribution is 6.29. The van der Waals surface area contributed by atoms with Gasteiger partial charge in [0.05, 0.1) is 5.69 Å². The molecule has 0 saturated heterocycles. The summed E-state index contributed by atoms with van der Waals surface area (Å²) in [5.74, 6) is 1.78. The van der Waals surface area contributed by atoms with Gasteiger partial charge in [-0.3, -0.25) is 0 Å². The molecule has 0 amide bonds. The quantitative estimate of drug-likeness (QED) is 0.783. The summed E-state index contributed by atoms with van der Waals surface area (Å²) in [5, 5.41) is 0.501. The molecule has 0 unspecified atom stereocenters. The van der Waals surface area contributed by atoms with Gasteiger partial charge in [-0.2, -0.15) is 0 Å². The molecule has 2 aromatic rings. The Morgan fingerprint density at radius 1 is 1.29 bits per heavy atom. The Hall–Kier alpha value is -1.42. The Balaban J connectivity index is 2.26. The van der Waals surface area contributed by atoms with Crippen LogP contribution in [-0.4, -0.2) is 19.5 Å². The second-order valence-corrected chi connectivity index (χ2v) is 4.15. The average molecular weight is 251 g/mol. The topological polar surface area (TPSA) is 43.6 Å². The van der Waals surface area contributed by atoms with E-state index in [0.717, 1.165) is 30.3 Å². The maximum atomic E-state index is 5.96. The summed E-state index contributed by atoms with van der Waals surface area (Å²) in [7, 11) is 0. The monoisotopic (exact) mass is 250 g/mol. The third kappa shape index (κ3) is 2.82. The Morgan fingerprint density at radius 3 is 2.82 bits per heavy atom. The fourth-order valence-electron chi connectivity index (χ4n) is 1.72. The highest BCUT2D eigenvalue weighted by Crippen LogP contribution is 2.11. The summed E-state index contributed by atoms with van der Waals surface area (Å²) < 4.78 is 2.10. The Labute approximate surface area is 106 Å². The van der Waals surface area contributed by atoms with Crippen LogP contribution in [0.4, 0.5) is 0 Å². The predicted octanol–water partition coefficient (Wildman–Crippen LogP) is 2.50. The molecule has 5 heteroatoms. The number of nitrogens with zero attached hydrogens (tertiary/aromatic N) is 4. The van der Waals surface area contributed by atoms with Gasteiger partial charge in [0.25, 0.3) is 0 Å². The molecule has 0 spiro atoms. The number of aromatic nitrogens is 4. The maximum absolute atomic E-state index is 5.96. The molecule has 0 aromatic carbocycles. The summed E-state index contributed by atoms with van der Waals surface area (Å²) >= 11 is 5.96. The summed E-state index contributed by atoms with van der Waals surface area (Å²) in [4.78, 5) is 12.9. The zero-order valence-corrected chi connectivity index (χ0v) is 10.8. The van der Waals surface area contributed by atoms with Crippen molar-refractivity contribution >= 4 is 11.6 Å². The summed E-state index contributed by atoms with van der Waals surface area (Å²) in [6.45, 7) is 5.02. The van der Waals surface area contributed by atoms with Crippen molar-refractivity contribution in [1.29, 1.82) is 0 Å². The lowest BCUT2D eigenvalue weighted by molar-refractivity contribution is 0.706. The normalized spacial score (nSPS) is 10.8. The van der Waals surface area contributed by atoms with Gasteiger partial charge in [-0.25, -0.2) is 15.0 Å². The molecule has 0 aliphatic rings. The lowest BCUT2D eigenvalue weighted by Gasteiger charge is -2.05. The third-order valence-corrected chi connectivity index (χ3v) is 2.79. The zero-order valence-electron chi connectivity index (χ0n) is 10.0. The minimum absolute atomic E-state index is 0.501. The molecule has 17 heavy (non-hydrogen) atoms. The highest BCUT2D eigenvalue weighted by Gasteiger charge is 2.07. The lowest BCUT2D eigenvalue weighted by atomic mass is 10.2. The molecule has 90 valence electrons.